The Morgan fingerprint density at radius 1 is 1.22 bits per heavy atom. The summed E-state index contributed by atoms with van der Waals surface area (Å²) < 4.78 is 10.4. The standard InChI is InChI=1S/C14H21NO3/c1-17-11-7-6-10(8-12(11)18-2)13(15)14(16)9-4-3-5-9/h6-9,13-14,16H,3-5,15H2,1-2H3/t13-,14+/m0/s1. The minimum Gasteiger partial charge on any atom is -0.493 e. The van der Waals surface area contributed by atoms with Crippen LogP contribution in [0.25, 0.3) is 0 Å². The van der Waals surface area contributed by atoms with Crippen LogP contribution in [0.15, 0.2) is 18.2 Å². The summed E-state index contributed by atoms with van der Waals surface area (Å²) in [6, 6.07) is 5.18. The van der Waals surface area contributed by atoms with Crippen LogP contribution in [0, 0.1) is 5.92 Å². The zero-order valence-electron chi connectivity index (χ0n) is 10.9. The number of methoxy groups -OCH3 is 2. The Bertz CT molecular complexity index is 404. The third-order valence-electron chi connectivity index (χ3n) is 3.79. The van der Waals surface area contributed by atoms with Crippen molar-refractivity contribution in [3.63, 3.8) is 0 Å². The number of benzene rings is 1. The van der Waals surface area contributed by atoms with Gasteiger partial charge in [0.1, 0.15) is 0 Å². The van der Waals surface area contributed by atoms with Gasteiger partial charge in [-0.25, -0.2) is 0 Å². The van der Waals surface area contributed by atoms with Gasteiger partial charge in [-0.2, -0.15) is 0 Å². The van der Waals surface area contributed by atoms with Crippen LogP contribution in [0.1, 0.15) is 30.9 Å². The minimum absolute atomic E-state index is 0.341. The van der Waals surface area contributed by atoms with E-state index in [4.69, 9.17) is 15.2 Å². The van der Waals surface area contributed by atoms with Crippen molar-refractivity contribution in [3.05, 3.63) is 23.8 Å². The Labute approximate surface area is 108 Å². The van der Waals surface area contributed by atoms with Crippen molar-refractivity contribution in [2.75, 3.05) is 14.2 Å². The molecule has 0 aliphatic heterocycles. The molecule has 2 rings (SSSR count). The number of rotatable bonds is 5. The molecule has 1 saturated carbocycles. The Kier molecular flexibility index (Phi) is 4.09. The lowest BCUT2D eigenvalue weighted by Crippen LogP contribution is -2.36. The highest BCUT2D eigenvalue weighted by Crippen LogP contribution is 2.36. The van der Waals surface area contributed by atoms with Gasteiger partial charge in [-0.3, -0.25) is 0 Å². The second-order valence-corrected chi connectivity index (χ2v) is 4.82. The average molecular weight is 251 g/mol. The summed E-state index contributed by atoms with van der Waals surface area (Å²) in [5.74, 6) is 1.66. The molecule has 18 heavy (non-hydrogen) atoms. The molecule has 4 heteroatoms. The number of hydrogen-bond donors (Lipinski definition) is 2. The summed E-state index contributed by atoms with van der Waals surface area (Å²) in [5.41, 5.74) is 7.00. The molecule has 1 fully saturated rings. The molecule has 0 radical (unpaired) electrons. The van der Waals surface area contributed by atoms with E-state index in [1.807, 2.05) is 18.2 Å². The highest BCUT2D eigenvalue weighted by atomic mass is 16.5. The summed E-state index contributed by atoms with van der Waals surface area (Å²) in [4.78, 5) is 0. The van der Waals surface area contributed by atoms with E-state index in [0.717, 1.165) is 18.4 Å². The predicted octanol–water partition coefficient (Wildman–Crippen LogP) is 1.86. The Morgan fingerprint density at radius 3 is 2.39 bits per heavy atom. The van der Waals surface area contributed by atoms with Crippen LogP contribution in [0.3, 0.4) is 0 Å². The van der Waals surface area contributed by atoms with Gasteiger partial charge in [-0.05, 0) is 36.5 Å². The molecule has 0 saturated heterocycles. The maximum absolute atomic E-state index is 10.2. The topological polar surface area (TPSA) is 64.7 Å². The van der Waals surface area contributed by atoms with Gasteiger partial charge in [-0.15, -0.1) is 0 Å². The van der Waals surface area contributed by atoms with Crippen molar-refractivity contribution in [2.24, 2.45) is 11.7 Å². The third kappa shape index (κ3) is 2.44. The molecule has 0 bridgehead atoms. The lowest BCUT2D eigenvalue weighted by atomic mass is 9.77. The van der Waals surface area contributed by atoms with Crippen molar-refractivity contribution < 1.29 is 14.6 Å². The van der Waals surface area contributed by atoms with Crippen LogP contribution in [0.2, 0.25) is 0 Å². The molecule has 1 aliphatic carbocycles. The highest BCUT2D eigenvalue weighted by molar-refractivity contribution is 5.44. The molecule has 4 nitrogen and oxygen atoms in total. The second-order valence-electron chi connectivity index (χ2n) is 4.82. The van der Waals surface area contributed by atoms with Crippen LogP contribution in [0.5, 0.6) is 11.5 Å². The molecule has 0 spiro atoms. The lowest BCUT2D eigenvalue weighted by molar-refractivity contribution is 0.0413. The molecule has 3 N–H and O–H groups in total. The Balaban J connectivity index is 2.16. The van der Waals surface area contributed by atoms with Crippen molar-refractivity contribution in [1.29, 1.82) is 0 Å². The van der Waals surface area contributed by atoms with Gasteiger partial charge >= 0.3 is 0 Å². The van der Waals surface area contributed by atoms with Gasteiger partial charge in [0.05, 0.1) is 26.4 Å². The van der Waals surface area contributed by atoms with E-state index >= 15 is 0 Å². The minimum atomic E-state index is -0.475. The first-order valence-electron chi connectivity index (χ1n) is 6.33. The highest BCUT2D eigenvalue weighted by Gasteiger charge is 2.30. The van der Waals surface area contributed by atoms with Crippen molar-refractivity contribution in [2.45, 2.75) is 31.4 Å². The molecule has 1 aliphatic rings. The van der Waals surface area contributed by atoms with Crippen LogP contribution in [0.4, 0.5) is 0 Å². The summed E-state index contributed by atoms with van der Waals surface area (Å²) in [7, 11) is 3.19. The van der Waals surface area contributed by atoms with Crippen molar-refractivity contribution in [1.82, 2.24) is 0 Å². The summed E-state index contributed by atoms with van der Waals surface area (Å²) in [5, 5.41) is 10.2. The molecule has 0 heterocycles. The van der Waals surface area contributed by atoms with Gasteiger partial charge < -0.3 is 20.3 Å². The zero-order chi connectivity index (χ0) is 13.1. The molecule has 2 atom stereocenters. The van der Waals surface area contributed by atoms with Crippen LogP contribution in [-0.4, -0.2) is 25.4 Å². The number of ether oxygens (including phenoxy) is 2. The second kappa shape index (κ2) is 5.59. The molecule has 1 aromatic rings. The van der Waals surface area contributed by atoms with E-state index < -0.39 is 6.10 Å². The van der Waals surface area contributed by atoms with Gasteiger partial charge in [0, 0.05) is 0 Å². The van der Waals surface area contributed by atoms with Gasteiger partial charge in [0.25, 0.3) is 0 Å². The molecular formula is C14H21NO3. The quantitative estimate of drug-likeness (QED) is 0.838. The summed E-state index contributed by atoms with van der Waals surface area (Å²) in [6.07, 6.45) is 2.86. The maximum atomic E-state index is 10.2. The fraction of sp³-hybridized carbons (Fsp3) is 0.571. The molecule has 0 aromatic heterocycles. The normalized spacial score (nSPS) is 18.9. The fourth-order valence-corrected chi connectivity index (χ4v) is 2.33. The fourth-order valence-electron chi connectivity index (χ4n) is 2.33. The van der Waals surface area contributed by atoms with E-state index in [2.05, 4.69) is 0 Å². The Morgan fingerprint density at radius 2 is 1.89 bits per heavy atom. The first kappa shape index (κ1) is 13.2. The molecular weight excluding hydrogens is 230 g/mol. The van der Waals surface area contributed by atoms with E-state index in [0.29, 0.717) is 17.4 Å². The molecule has 0 unspecified atom stereocenters. The number of aliphatic hydroxyl groups is 1. The smallest absolute Gasteiger partial charge is 0.161 e. The molecule has 0 amide bonds. The van der Waals surface area contributed by atoms with Crippen molar-refractivity contribution in [3.8, 4) is 11.5 Å². The average Bonchev–Trinajstić information content (AvgIpc) is 2.34. The van der Waals surface area contributed by atoms with Gasteiger partial charge in [0.15, 0.2) is 11.5 Å². The summed E-state index contributed by atoms with van der Waals surface area (Å²) in [6.45, 7) is 0. The zero-order valence-corrected chi connectivity index (χ0v) is 10.9. The van der Waals surface area contributed by atoms with Gasteiger partial charge in [0.2, 0.25) is 0 Å². The van der Waals surface area contributed by atoms with E-state index in [1.165, 1.54) is 6.42 Å². The van der Waals surface area contributed by atoms with Crippen molar-refractivity contribution >= 4 is 0 Å². The predicted molar refractivity (Wildman–Crippen MR) is 69.8 cm³/mol. The molecule has 100 valence electrons. The number of aliphatic hydroxyl groups excluding tert-OH is 1. The SMILES string of the molecule is COc1ccc([C@H](N)[C@H](O)C2CCC2)cc1OC. The van der Waals surface area contributed by atoms with Crippen LogP contribution < -0.4 is 15.2 Å². The van der Waals surface area contributed by atoms with Gasteiger partial charge in [-0.1, -0.05) is 12.5 Å². The number of hydrogen-bond acceptors (Lipinski definition) is 4. The molecule has 1 aromatic carbocycles. The van der Waals surface area contributed by atoms with E-state index in [1.54, 1.807) is 14.2 Å². The monoisotopic (exact) mass is 251 g/mol. The van der Waals surface area contributed by atoms with E-state index in [-0.39, 0.29) is 6.04 Å². The summed E-state index contributed by atoms with van der Waals surface area (Å²) >= 11 is 0. The Hall–Kier alpha value is -1.26. The maximum Gasteiger partial charge on any atom is 0.161 e. The largest absolute Gasteiger partial charge is 0.493 e. The van der Waals surface area contributed by atoms with Crippen LogP contribution >= 0.6 is 0 Å². The lowest BCUT2D eigenvalue weighted by Gasteiger charge is -2.33. The van der Waals surface area contributed by atoms with E-state index in [9.17, 15) is 5.11 Å². The number of nitrogens with two attached hydrogens (primary N) is 1. The van der Waals surface area contributed by atoms with Crippen LogP contribution in [-0.2, 0) is 0 Å². The first-order valence-corrected chi connectivity index (χ1v) is 6.33. The first-order chi connectivity index (χ1) is 8.67. The third-order valence-corrected chi connectivity index (χ3v) is 3.79.